The molecule has 1 aromatic rings. The number of nitrogens with zero attached hydrogens (tertiary/aromatic N) is 1. The van der Waals surface area contributed by atoms with Gasteiger partial charge < -0.3 is 10.4 Å². The third kappa shape index (κ3) is 3.82. The molecule has 1 amide bonds. The van der Waals surface area contributed by atoms with Crippen molar-refractivity contribution >= 4 is 11.9 Å². The number of rotatable bonds is 5. The van der Waals surface area contributed by atoms with Crippen molar-refractivity contribution in [2.75, 3.05) is 6.54 Å². The monoisotopic (exact) mass is 240 g/mol. The number of aromatic nitrogens is 1. The minimum atomic E-state index is -0.924. The molecule has 1 aromatic heterocycles. The number of halogens is 1. The van der Waals surface area contributed by atoms with Crippen molar-refractivity contribution in [1.82, 2.24) is 10.3 Å². The Morgan fingerprint density at radius 3 is 2.88 bits per heavy atom. The van der Waals surface area contributed by atoms with Crippen LogP contribution in [0.1, 0.15) is 23.7 Å². The third-order valence-electron chi connectivity index (χ3n) is 2.29. The molecule has 5 nitrogen and oxygen atoms in total. The Morgan fingerprint density at radius 2 is 2.29 bits per heavy atom. The van der Waals surface area contributed by atoms with Crippen LogP contribution in [0.5, 0.6) is 0 Å². The van der Waals surface area contributed by atoms with E-state index in [-0.39, 0.29) is 12.1 Å². The standard InChI is InChI=1S/C11H13FN2O3/c1-7(11(16)17)4-6-14-10(15)8-3-2-5-13-9(8)12/h2-3,5,7H,4,6H2,1H3,(H,14,15)(H,16,17). The Balaban J connectivity index is 2.46. The van der Waals surface area contributed by atoms with E-state index in [9.17, 15) is 14.0 Å². The first kappa shape index (κ1) is 13.1. The lowest BCUT2D eigenvalue weighted by Crippen LogP contribution is -2.27. The Labute approximate surface area is 97.7 Å². The molecule has 17 heavy (non-hydrogen) atoms. The van der Waals surface area contributed by atoms with Gasteiger partial charge >= 0.3 is 5.97 Å². The number of hydrogen-bond donors (Lipinski definition) is 2. The van der Waals surface area contributed by atoms with Crippen molar-refractivity contribution in [3.05, 3.63) is 29.8 Å². The molecule has 92 valence electrons. The zero-order chi connectivity index (χ0) is 12.8. The van der Waals surface area contributed by atoms with Crippen LogP contribution in [0.2, 0.25) is 0 Å². The van der Waals surface area contributed by atoms with E-state index >= 15 is 0 Å². The number of hydrogen-bond acceptors (Lipinski definition) is 3. The van der Waals surface area contributed by atoms with Crippen LogP contribution in [0.15, 0.2) is 18.3 Å². The first-order valence-corrected chi connectivity index (χ1v) is 5.14. The molecule has 2 N–H and O–H groups in total. The van der Waals surface area contributed by atoms with Gasteiger partial charge in [-0.2, -0.15) is 4.39 Å². The van der Waals surface area contributed by atoms with Gasteiger partial charge in [0.2, 0.25) is 5.95 Å². The van der Waals surface area contributed by atoms with Crippen molar-refractivity contribution in [3.8, 4) is 0 Å². The Kier molecular flexibility index (Phi) is 4.56. The smallest absolute Gasteiger partial charge is 0.306 e. The maximum absolute atomic E-state index is 13.1. The summed E-state index contributed by atoms with van der Waals surface area (Å²) in [6.45, 7) is 1.72. The lowest BCUT2D eigenvalue weighted by molar-refractivity contribution is -0.141. The van der Waals surface area contributed by atoms with E-state index in [0.717, 1.165) is 0 Å². The van der Waals surface area contributed by atoms with Gasteiger partial charge in [-0.1, -0.05) is 6.92 Å². The SMILES string of the molecule is CC(CCNC(=O)c1cccnc1F)C(=O)O. The van der Waals surface area contributed by atoms with Gasteiger partial charge in [-0.3, -0.25) is 9.59 Å². The van der Waals surface area contributed by atoms with Crippen molar-refractivity contribution in [3.63, 3.8) is 0 Å². The highest BCUT2D eigenvalue weighted by atomic mass is 19.1. The summed E-state index contributed by atoms with van der Waals surface area (Å²) in [5.41, 5.74) is -0.143. The second-order valence-electron chi connectivity index (χ2n) is 3.63. The number of aliphatic carboxylic acids is 1. The average molecular weight is 240 g/mol. The van der Waals surface area contributed by atoms with Crippen molar-refractivity contribution in [1.29, 1.82) is 0 Å². The molecule has 0 radical (unpaired) electrons. The van der Waals surface area contributed by atoms with Gasteiger partial charge in [0.15, 0.2) is 0 Å². The molecule has 0 aliphatic carbocycles. The minimum Gasteiger partial charge on any atom is -0.481 e. The van der Waals surface area contributed by atoms with E-state index in [1.165, 1.54) is 18.3 Å². The molecular weight excluding hydrogens is 227 g/mol. The molecule has 0 saturated carbocycles. The molecular formula is C11H13FN2O3. The molecule has 1 rings (SSSR count). The van der Waals surface area contributed by atoms with Crippen LogP contribution in [0.3, 0.4) is 0 Å². The molecule has 0 aliphatic rings. The van der Waals surface area contributed by atoms with E-state index in [1.807, 2.05) is 0 Å². The predicted octanol–water partition coefficient (Wildman–Crippen LogP) is 1.06. The van der Waals surface area contributed by atoms with Crippen LogP contribution in [-0.2, 0) is 4.79 Å². The lowest BCUT2D eigenvalue weighted by Gasteiger charge is -2.07. The maximum Gasteiger partial charge on any atom is 0.306 e. The first-order valence-electron chi connectivity index (χ1n) is 5.14. The van der Waals surface area contributed by atoms with Crippen molar-refractivity contribution in [2.24, 2.45) is 5.92 Å². The van der Waals surface area contributed by atoms with Gasteiger partial charge in [-0.15, -0.1) is 0 Å². The fourth-order valence-electron chi connectivity index (χ4n) is 1.18. The lowest BCUT2D eigenvalue weighted by atomic mass is 10.1. The van der Waals surface area contributed by atoms with E-state index in [2.05, 4.69) is 10.3 Å². The molecule has 1 unspecified atom stereocenters. The zero-order valence-electron chi connectivity index (χ0n) is 9.31. The largest absolute Gasteiger partial charge is 0.481 e. The number of amides is 1. The number of pyridine rings is 1. The van der Waals surface area contributed by atoms with Gasteiger partial charge in [0.05, 0.1) is 11.5 Å². The van der Waals surface area contributed by atoms with Crippen molar-refractivity contribution < 1.29 is 19.1 Å². The summed E-state index contributed by atoms with van der Waals surface area (Å²) >= 11 is 0. The quantitative estimate of drug-likeness (QED) is 0.754. The molecule has 0 aliphatic heterocycles. The van der Waals surface area contributed by atoms with E-state index in [4.69, 9.17) is 5.11 Å². The van der Waals surface area contributed by atoms with Gasteiger partial charge in [0, 0.05) is 12.7 Å². The van der Waals surface area contributed by atoms with Gasteiger partial charge in [-0.25, -0.2) is 4.98 Å². The van der Waals surface area contributed by atoms with E-state index < -0.39 is 23.7 Å². The molecule has 1 heterocycles. The topological polar surface area (TPSA) is 79.3 Å². The number of carbonyl (C=O) groups excluding carboxylic acids is 1. The van der Waals surface area contributed by atoms with Crippen molar-refractivity contribution in [2.45, 2.75) is 13.3 Å². The normalized spacial score (nSPS) is 11.9. The molecule has 6 heteroatoms. The minimum absolute atomic E-state index is 0.143. The second-order valence-corrected chi connectivity index (χ2v) is 3.63. The van der Waals surface area contributed by atoms with Crippen LogP contribution < -0.4 is 5.32 Å². The summed E-state index contributed by atoms with van der Waals surface area (Å²) in [5, 5.41) is 11.1. The number of carbonyl (C=O) groups is 2. The summed E-state index contributed by atoms with van der Waals surface area (Å²) in [4.78, 5) is 25.3. The second kappa shape index (κ2) is 5.93. The number of carboxylic acid groups (broad SMARTS) is 1. The maximum atomic E-state index is 13.1. The van der Waals surface area contributed by atoms with Crippen LogP contribution in [0.25, 0.3) is 0 Å². The van der Waals surface area contributed by atoms with Crippen LogP contribution in [0.4, 0.5) is 4.39 Å². The summed E-state index contributed by atoms with van der Waals surface area (Å²) in [6, 6.07) is 2.77. The summed E-state index contributed by atoms with van der Waals surface area (Å²) in [6.07, 6.45) is 1.54. The molecule has 0 saturated heterocycles. The molecule has 0 aromatic carbocycles. The van der Waals surface area contributed by atoms with Crippen LogP contribution in [-0.4, -0.2) is 28.5 Å². The van der Waals surface area contributed by atoms with E-state index in [1.54, 1.807) is 6.92 Å². The summed E-state index contributed by atoms with van der Waals surface area (Å²) in [7, 11) is 0. The Hall–Kier alpha value is -1.98. The molecule has 0 bridgehead atoms. The number of nitrogens with one attached hydrogen (secondary N) is 1. The summed E-state index contributed by atoms with van der Waals surface area (Å²) in [5.74, 6) is -2.90. The molecule has 0 fully saturated rings. The fourth-order valence-corrected chi connectivity index (χ4v) is 1.18. The Bertz CT molecular complexity index is 423. The molecule has 1 atom stereocenters. The van der Waals surface area contributed by atoms with E-state index in [0.29, 0.717) is 6.42 Å². The first-order chi connectivity index (χ1) is 8.02. The predicted molar refractivity (Wildman–Crippen MR) is 57.9 cm³/mol. The number of carboxylic acids is 1. The zero-order valence-corrected chi connectivity index (χ0v) is 9.31. The van der Waals surface area contributed by atoms with Crippen LogP contribution >= 0.6 is 0 Å². The van der Waals surface area contributed by atoms with Gasteiger partial charge in [0.25, 0.3) is 5.91 Å². The highest BCUT2D eigenvalue weighted by Gasteiger charge is 2.14. The van der Waals surface area contributed by atoms with Gasteiger partial charge in [0.1, 0.15) is 0 Å². The summed E-state index contributed by atoms with van der Waals surface area (Å²) < 4.78 is 13.1. The highest BCUT2D eigenvalue weighted by molar-refractivity contribution is 5.94. The highest BCUT2D eigenvalue weighted by Crippen LogP contribution is 2.04. The average Bonchev–Trinajstić information content (AvgIpc) is 2.29. The fraction of sp³-hybridized carbons (Fsp3) is 0.364. The third-order valence-corrected chi connectivity index (χ3v) is 2.29. The van der Waals surface area contributed by atoms with Crippen LogP contribution in [0, 0.1) is 11.9 Å². The Morgan fingerprint density at radius 1 is 1.59 bits per heavy atom. The molecule has 0 spiro atoms. The van der Waals surface area contributed by atoms with Gasteiger partial charge in [-0.05, 0) is 18.6 Å².